The molecule has 1 fully saturated rings. The monoisotopic (exact) mass is 453 g/mol. The van der Waals surface area contributed by atoms with Gasteiger partial charge in [0, 0.05) is 37.0 Å². The van der Waals surface area contributed by atoms with Crippen LogP contribution < -0.4 is 10.2 Å². The molecule has 34 heavy (non-hydrogen) atoms. The van der Waals surface area contributed by atoms with Gasteiger partial charge in [0.1, 0.15) is 0 Å². The van der Waals surface area contributed by atoms with E-state index in [2.05, 4.69) is 40.5 Å². The Morgan fingerprint density at radius 2 is 1.68 bits per heavy atom. The summed E-state index contributed by atoms with van der Waals surface area (Å²) in [5, 5.41) is 3.05. The Kier molecular flexibility index (Phi) is 6.45. The molecule has 3 aromatic carbocycles. The summed E-state index contributed by atoms with van der Waals surface area (Å²) >= 11 is 0. The topological polar surface area (TPSA) is 52.7 Å². The first-order valence-electron chi connectivity index (χ1n) is 12.2. The highest BCUT2D eigenvalue weighted by molar-refractivity contribution is 6.05. The zero-order valence-corrected chi connectivity index (χ0v) is 19.7. The maximum atomic E-state index is 13.2. The van der Waals surface area contributed by atoms with E-state index in [1.54, 1.807) is 11.8 Å². The third kappa shape index (κ3) is 4.75. The second kappa shape index (κ2) is 9.82. The van der Waals surface area contributed by atoms with Crippen LogP contribution >= 0.6 is 0 Å². The summed E-state index contributed by atoms with van der Waals surface area (Å²) in [4.78, 5) is 29.4. The van der Waals surface area contributed by atoms with Crippen molar-refractivity contribution in [1.82, 2.24) is 4.90 Å². The Bertz CT molecular complexity index is 1200. The van der Waals surface area contributed by atoms with Gasteiger partial charge in [0.15, 0.2) is 0 Å². The molecule has 1 N–H and O–H groups in total. The van der Waals surface area contributed by atoms with E-state index in [-0.39, 0.29) is 11.8 Å². The summed E-state index contributed by atoms with van der Waals surface area (Å²) in [6.07, 6.45) is 4.61. The SMILES string of the molecule is CC(=O)N1CCc2ccc(NC(=O)c3ccc(-c4ccccc4)c(CN4CCCCC4)c3)cc21. The number of piperidine rings is 1. The number of amides is 2. The maximum absolute atomic E-state index is 13.2. The number of likely N-dealkylation sites (tertiary alicyclic amines) is 1. The molecule has 0 atom stereocenters. The number of rotatable bonds is 5. The first kappa shape index (κ1) is 22.4. The summed E-state index contributed by atoms with van der Waals surface area (Å²) in [7, 11) is 0. The van der Waals surface area contributed by atoms with Gasteiger partial charge in [-0.1, -0.05) is 48.9 Å². The van der Waals surface area contributed by atoms with Gasteiger partial charge in [-0.25, -0.2) is 0 Å². The number of nitrogens with zero attached hydrogens (tertiary/aromatic N) is 2. The minimum atomic E-state index is -0.133. The molecular weight excluding hydrogens is 422 g/mol. The van der Waals surface area contributed by atoms with Gasteiger partial charge < -0.3 is 10.2 Å². The van der Waals surface area contributed by atoms with Gasteiger partial charge in [0.05, 0.1) is 0 Å². The molecule has 5 rings (SSSR count). The average molecular weight is 454 g/mol. The highest BCUT2D eigenvalue weighted by Crippen LogP contribution is 2.32. The number of hydrogen-bond acceptors (Lipinski definition) is 3. The largest absolute Gasteiger partial charge is 0.322 e. The van der Waals surface area contributed by atoms with Crippen molar-refractivity contribution in [3.05, 3.63) is 83.4 Å². The van der Waals surface area contributed by atoms with Gasteiger partial charge in [-0.2, -0.15) is 0 Å². The summed E-state index contributed by atoms with van der Waals surface area (Å²) in [6, 6.07) is 22.3. The van der Waals surface area contributed by atoms with Gasteiger partial charge in [-0.15, -0.1) is 0 Å². The minimum Gasteiger partial charge on any atom is -0.322 e. The molecule has 1 saturated heterocycles. The number of anilines is 2. The van der Waals surface area contributed by atoms with Crippen LogP contribution in [0.1, 0.15) is 47.7 Å². The Hall–Kier alpha value is -3.44. The Labute approximate surface area is 201 Å². The molecule has 0 unspecified atom stereocenters. The molecule has 2 amide bonds. The van der Waals surface area contributed by atoms with Crippen LogP contribution in [0, 0.1) is 0 Å². The molecule has 5 nitrogen and oxygen atoms in total. The quantitative estimate of drug-likeness (QED) is 0.555. The lowest BCUT2D eigenvalue weighted by Gasteiger charge is -2.27. The first-order valence-corrected chi connectivity index (χ1v) is 12.2. The molecule has 0 aliphatic carbocycles. The van der Waals surface area contributed by atoms with Crippen LogP contribution in [0.2, 0.25) is 0 Å². The first-order chi connectivity index (χ1) is 16.6. The molecule has 2 aliphatic heterocycles. The predicted molar refractivity (Wildman–Crippen MR) is 137 cm³/mol. The molecule has 0 aromatic heterocycles. The summed E-state index contributed by atoms with van der Waals surface area (Å²) < 4.78 is 0. The van der Waals surface area contributed by atoms with Crippen LogP contribution in [0.5, 0.6) is 0 Å². The van der Waals surface area contributed by atoms with Gasteiger partial charge in [0.25, 0.3) is 5.91 Å². The standard InChI is InChI=1S/C29H31N3O2/c1-21(33)32-17-14-23-10-12-26(19-28(23)32)30-29(34)24-11-13-27(22-8-4-2-5-9-22)25(18-24)20-31-15-6-3-7-16-31/h2,4-5,8-13,18-19H,3,6-7,14-17,20H2,1H3,(H,30,34). The molecule has 0 spiro atoms. The van der Waals surface area contributed by atoms with E-state index >= 15 is 0 Å². The normalized spacial score (nSPS) is 15.7. The zero-order valence-electron chi connectivity index (χ0n) is 19.7. The molecule has 2 aliphatic rings. The van der Waals surface area contributed by atoms with E-state index in [0.29, 0.717) is 17.8 Å². The van der Waals surface area contributed by atoms with Gasteiger partial charge in [0.2, 0.25) is 5.91 Å². The average Bonchev–Trinajstić information content (AvgIpc) is 3.29. The highest BCUT2D eigenvalue weighted by Gasteiger charge is 2.23. The van der Waals surface area contributed by atoms with E-state index in [1.165, 1.54) is 36.0 Å². The molecule has 174 valence electrons. The van der Waals surface area contributed by atoms with Gasteiger partial charge in [-0.3, -0.25) is 14.5 Å². The van der Waals surface area contributed by atoms with Crippen molar-refractivity contribution in [2.75, 3.05) is 29.9 Å². The second-order valence-corrected chi connectivity index (χ2v) is 9.29. The number of carbonyl (C=O) groups excluding carboxylic acids is 2. The van der Waals surface area contributed by atoms with Crippen molar-refractivity contribution >= 4 is 23.2 Å². The lowest BCUT2D eigenvalue weighted by Crippen LogP contribution is -2.29. The van der Waals surface area contributed by atoms with E-state index in [9.17, 15) is 9.59 Å². The summed E-state index contributed by atoms with van der Waals surface area (Å²) in [6.45, 7) is 5.33. The van der Waals surface area contributed by atoms with Crippen LogP contribution in [0.25, 0.3) is 11.1 Å². The third-order valence-electron chi connectivity index (χ3n) is 6.91. The van der Waals surface area contributed by atoms with E-state index in [1.807, 2.05) is 36.4 Å². The Balaban J connectivity index is 1.41. The maximum Gasteiger partial charge on any atom is 0.255 e. The van der Waals surface area contributed by atoms with Crippen molar-refractivity contribution in [2.24, 2.45) is 0 Å². The molecule has 5 heteroatoms. The number of fused-ring (bicyclic) bond motifs is 1. The number of benzene rings is 3. The fourth-order valence-corrected chi connectivity index (χ4v) is 5.11. The molecular formula is C29H31N3O2. The predicted octanol–water partition coefficient (Wildman–Crippen LogP) is 5.50. The van der Waals surface area contributed by atoms with Crippen LogP contribution in [0.15, 0.2) is 66.7 Å². The van der Waals surface area contributed by atoms with Crippen LogP contribution in [0.4, 0.5) is 11.4 Å². The zero-order chi connectivity index (χ0) is 23.5. The van der Waals surface area contributed by atoms with Crippen molar-refractivity contribution in [3.63, 3.8) is 0 Å². The summed E-state index contributed by atoms with van der Waals surface area (Å²) in [5.41, 5.74) is 6.93. The molecule has 2 heterocycles. The number of carbonyl (C=O) groups is 2. The third-order valence-corrected chi connectivity index (χ3v) is 6.91. The Morgan fingerprint density at radius 1 is 0.882 bits per heavy atom. The van der Waals surface area contributed by atoms with Crippen molar-refractivity contribution in [2.45, 2.75) is 39.2 Å². The fourth-order valence-electron chi connectivity index (χ4n) is 5.11. The van der Waals surface area contributed by atoms with Gasteiger partial charge >= 0.3 is 0 Å². The lowest BCUT2D eigenvalue weighted by molar-refractivity contribution is -0.116. The number of nitrogens with one attached hydrogen (secondary N) is 1. The van der Waals surface area contributed by atoms with E-state index in [4.69, 9.17) is 0 Å². The van der Waals surface area contributed by atoms with Crippen LogP contribution in [-0.4, -0.2) is 36.3 Å². The number of hydrogen-bond donors (Lipinski definition) is 1. The lowest BCUT2D eigenvalue weighted by atomic mass is 9.96. The summed E-state index contributed by atoms with van der Waals surface area (Å²) in [5.74, 6) is -0.104. The van der Waals surface area contributed by atoms with Crippen molar-refractivity contribution in [1.29, 1.82) is 0 Å². The van der Waals surface area contributed by atoms with Crippen molar-refractivity contribution in [3.8, 4) is 11.1 Å². The second-order valence-electron chi connectivity index (χ2n) is 9.29. The van der Waals surface area contributed by atoms with E-state index < -0.39 is 0 Å². The molecule has 0 saturated carbocycles. The van der Waals surface area contributed by atoms with Crippen LogP contribution in [0.3, 0.4) is 0 Å². The van der Waals surface area contributed by atoms with Crippen LogP contribution in [-0.2, 0) is 17.8 Å². The fraction of sp³-hybridized carbons (Fsp3) is 0.310. The Morgan fingerprint density at radius 3 is 2.44 bits per heavy atom. The molecule has 3 aromatic rings. The smallest absolute Gasteiger partial charge is 0.255 e. The molecule has 0 radical (unpaired) electrons. The minimum absolute atomic E-state index is 0.0288. The highest BCUT2D eigenvalue weighted by atomic mass is 16.2. The van der Waals surface area contributed by atoms with Crippen molar-refractivity contribution < 1.29 is 9.59 Å². The molecule has 0 bridgehead atoms. The van der Waals surface area contributed by atoms with E-state index in [0.717, 1.165) is 37.3 Å². The van der Waals surface area contributed by atoms with Gasteiger partial charge in [-0.05, 0) is 78.9 Å².